The number of fused-ring (bicyclic) bond motifs is 1. The molecule has 0 fully saturated rings. The summed E-state index contributed by atoms with van der Waals surface area (Å²) in [6.07, 6.45) is 1.77. The van der Waals surface area contributed by atoms with Crippen LogP contribution in [0.2, 0.25) is 0 Å². The number of anilines is 1. The number of amides is 1. The molecule has 0 radical (unpaired) electrons. The summed E-state index contributed by atoms with van der Waals surface area (Å²) in [6.45, 7) is 2.00. The molecule has 0 aliphatic rings. The summed E-state index contributed by atoms with van der Waals surface area (Å²) in [5.41, 5.74) is 2.35. The van der Waals surface area contributed by atoms with Crippen LogP contribution in [0.5, 0.6) is 0 Å². The van der Waals surface area contributed by atoms with E-state index in [9.17, 15) is 22.4 Å². The fourth-order valence-electron chi connectivity index (χ4n) is 4.49. The van der Waals surface area contributed by atoms with Gasteiger partial charge in [0, 0.05) is 53.9 Å². The first-order chi connectivity index (χ1) is 20.7. The Balaban J connectivity index is 1.16. The average molecular weight is 607 g/mol. The van der Waals surface area contributed by atoms with Gasteiger partial charge in [0.1, 0.15) is 11.5 Å². The Morgan fingerprint density at radius 3 is 2.58 bits per heavy atom. The molecule has 0 saturated carbocycles. The maximum atomic E-state index is 13.6. The van der Waals surface area contributed by atoms with Gasteiger partial charge in [0.05, 0.1) is 29.0 Å². The van der Waals surface area contributed by atoms with Gasteiger partial charge in [-0.15, -0.1) is 11.3 Å². The highest BCUT2D eigenvalue weighted by molar-refractivity contribution is 7.15. The predicted molar refractivity (Wildman–Crippen MR) is 154 cm³/mol. The summed E-state index contributed by atoms with van der Waals surface area (Å²) in [5.74, 6) is -0.740. The summed E-state index contributed by atoms with van der Waals surface area (Å²) < 4.78 is 57.6. The minimum Gasteiger partial charge on any atom is -0.352 e. The minimum atomic E-state index is -4.63. The molecule has 0 spiro atoms. The van der Waals surface area contributed by atoms with Crippen molar-refractivity contribution in [3.05, 3.63) is 101 Å². The molecule has 0 bridgehead atoms. The van der Waals surface area contributed by atoms with Crippen LogP contribution in [-0.4, -0.2) is 47.9 Å². The molecule has 2 N–H and O–H groups in total. The number of alkyl halides is 3. The van der Waals surface area contributed by atoms with Crippen molar-refractivity contribution in [1.29, 1.82) is 0 Å². The topological polar surface area (TPSA) is 102 Å². The Kier molecular flexibility index (Phi) is 7.36. The lowest BCUT2D eigenvalue weighted by molar-refractivity contribution is -0.137. The predicted octanol–water partition coefficient (Wildman–Crippen LogP) is 6.01. The van der Waals surface area contributed by atoms with E-state index >= 15 is 0 Å². The van der Waals surface area contributed by atoms with Crippen LogP contribution < -0.4 is 10.6 Å². The summed E-state index contributed by atoms with van der Waals surface area (Å²) in [7, 11) is 0. The average Bonchev–Trinajstić information content (AvgIpc) is 3.71. The Hall–Kier alpha value is -5.11. The SMILES string of the molecule is Cc1cn(-c2cc(C(=O)NCCNc3nccc(-c4c(-c5ccc(F)cc5)nc5sccn45)n3)cc(C(F)(F)F)c2)cn1. The van der Waals surface area contributed by atoms with Gasteiger partial charge in [-0.25, -0.2) is 24.3 Å². The first kappa shape index (κ1) is 28.0. The Morgan fingerprint density at radius 1 is 1.02 bits per heavy atom. The molecule has 0 aliphatic heterocycles. The van der Waals surface area contributed by atoms with Crippen LogP contribution in [0.15, 0.2) is 78.8 Å². The lowest BCUT2D eigenvalue weighted by Gasteiger charge is -2.13. The highest BCUT2D eigenvalue weighted by atomic mass is 32.1. The molecule has 2 aromatic carbocycles. The number of nitrogens with zero attached hydrogens (tertiary/aromatic N) is 6. The van der Waals surface area contributed by atoms with Gasteiger partial charge in [-0.1, -0.05) is 0 Å². The van der Waals surface area contributed by atoms with Crippen LogP contribution >= 0.6 is 11.3 Å². The number of halogens is 4. The van der Waals surface area contributed by atoms with Crippen LogP contribution in [0.3, 0.4) is 0 Å². The van der Waals surface area contributed by atoms with E-state index in [-0.39, 0.29) is 36.1 Å². The number of rotatable bonds is 8. The van der Waals surface area contributed by atoms with Gasteiger partial charge in [-0.2, -0.15) is 13.2 Å². The summed E-state index contributed by atoms with van der Waals surface area (Å²) in [6, 6.07) is 10.9. The minimum absolute atomic E-state index is 0.0878. The van der Waals surface area contributed by atoms with Crippen molar-refractivity contribution in [3.8, 4) is 28.3 Å². The molecular weight excluding hydrogens is 584 g/mol. The lowest BCUT2D eigenvalue weighted by Crippen LogP contribution is -2.29. The zero-order chi connectivity index (χ0) is 30.1. The number of hydrogen-bond donors (Lipinski definition) is 2. The zero-order valence-electron chi connectivity index (χ0n) is 22.4. The molecule has 218 valence electrons. The molecule has 6 rings (SSSR count). The van der Waals surface area contributed by atoms with Crippen molar-refractivity contribution < 1.29 is 22.4 Å². The molecule has 6 aromatic rings. The van der Waals surface area contributed by atoms with E-state index < -0.39 is 17.6 Å². The van der Waals surface area contributed by atoms with Crippen molar-refractivity contribution >= 4 is 28.2 Å². The standard InChI is InChI=1S/C29H22F4N8OS/c1-17-15-40(16-37-17)22-13-19(12-20(14-22)29(31,32)33)26(42)34-8-9-36-27-35-7-6-23(38-27)25-24(18-2-4-21(30)5-3-18)39-28-41(25)10-11-43-28/h2-7,10-16H,8-9H2,1H3,(H,34,42)(H,35,36,38). The zero-order valence-corrected chi connectivity index (χ0v) is 23.2. The second kappa shape index (κ2) is 11.3. The largest absolute Gasteiger partial charge is 0.416 e. The highest BCUT2D eigenvalue weighted by Gasteiger charge is 2.32. The van der Waals surface area contributed by atoms with E-state index in [1.807, 2.05) is 16.0 Å². The molecule has 9 nitrogen and oxygen atoms in total. The van der Waals surface area contributed by atoms with Crippen LogP contribution in [-0.2, 0) is 6.18 Å². The Morgan fingerprint density at radius 2 is 1.84 bits per heavy atom. The first-order valence-corrected chi connectivity index (χ1v) is 13.8. The summed E-state index contributed by atoms with van der Waals surface area (Å²) in [5, 5.41) is 7.57. The van der Waals surface area contributed by atoms with Crippen molar-refractivity contribution in [1.82, 2.24) is 34.2 Å². The first-order valence-electron chi connectivity index (χ1n) is 13.0. The maximum absolute atomic E-state index is 13.6. The number of imidazole rings is 2. The van der Waals surface area contributed by atoms with E-state index in [0.29, 0.717) is 22.8 Å². The third kappa shape index (κ3) is 5.95. The van der Waals surface area contributed by atoms with Crippen LogP contribution in [0.1, 0.15) is 21.6 Å². The van der Waals surface area contributed by atoms with Gasteiger partial charge in [-0.05, 0) is 55.5 Å². The molecule has 14 heteroatoms. The fraction of sp³-hybridized carbons (Fsp3) is 0.138. The number of carbonyl (C=O) groups is 1. The van der Waals surface area contributed by atoms with Crippen LogP contribution in [0.25, 0.3) is 33.3 Å². The monoisotopic (exact) mass is 606 g/mol. The number of hydrogen-bond acceptors (Lipinski definition) is 7. The third-order valence-electron chi connectivity index (χ3n) is 6.49. The van der Waals surface area contributed by atoms with Crippen molar-refractivity contribution in [3.63, 3.8) is 0 Å². The fourth-order valence-corrected chi connectivity index (χ4v) is 5.20. The van der Waals surface area contributed by atoms with Crippen LogP contribution in [0.4, 0.5) is 23.5 Å². The van der Waals surface area contributed by atoms with Crippen molar-refractivity contribution in [2.75, 3.05) is 18.4 Å². The molecule has 43 heavy (non-hydrogen) atoms. The van der Waals surface area contributed by atoms with Gasteiger partial charge in [0.2, 0.25) is 5.95 Å². The summed E-state index contributed by atoms with van der Waals surface area (Å²) in [4.78, 5) is 31.2. The Labute approximate surface area is 245 Å². The number of benzene rings is 2. The second-order valence-corrected chi connectivity index (χ2v) is 10.4. The maximum Gasteiger partial charge on any atom is 0.416 e. The number of carbonyl (C=O) groups excluding carboxylic acids is 1. The smallest absolute Gasteiger partial charge is 0.352 e. The molecule has 0 atom stereocenters. The quantitative estimate of drug-likeness (QED) is 0.163. The van der Waals surface area contributed by atoms with Crippen molar-refractivity contribution in [2.45, 2.75) is 13.1 Å². The number of nitrogens with one attached hydrogen (secondary N) is 2. The normalized spacial score (nSPS) is 11.7. The van der Waals surface area contributed by atoms with Crippen LogP contribution in [0, 0.1) is 12.7 Å². The molecule has 0 aliphatic carbocycles. The molecule has 1 amide bonds. The molecule has 0 unspecified atom stereocenters. The molecule has 4 heterocycles. The van der Waals surface area contributed by atoms with Crippen molar-refractivity contribution in [2.24, 2.45) is 0 Å². The van der Waals surface area contributed by atoms with Gasteiger partial charge in [-0.3, -0.25) is 9.20 Å². The molecule has 0 saturated heterocycles. The highest BCUT2D eigenvalue weighted by Crippen LogP contribution is 2.34. The van der Waals surface area contributed by atoms with Gasteiger partial charge in [0.15, 0.2) is 4.96 Å². The lowest BCUT2D eigenvalue weighted by atomic mass is 10.1. The third-order valence-corrected chi connectivity index (χ3v) is 7.25. The second-order valence-electron chi connectivity index (χ2n) is 9.51. The number of aromatic nitrogens is 6. The summed E-state index contributed by atoms with van der Waals surface area (Å²) >= 11 is 1.45. The number of thiazole rings is 1. The van der Waals surface area contributed by atoms with E-state index in [2.05, 4.69) is 25.6 Å². The van der Waals surface area contributed by atoms with E-state index in [1.54, 1.807) is 37.5 Å². The van der Waals surface area contributed by atoms with Gasteiger partial charge < -0.3 is 15.2 Å². The van der Waals surface area contributed by atoms with E-state index in [0.717, 1.165) is 22.7 Å². The molecule has 4 aromatic heterocycles. The number of aryl methyl sites for hydroxylation is 1. The Bertz CT molecular complexity index is 1930. The van der Waals surface area contributed by atoms with Gasteiger partial charge >= 0.3 is 6.18 Å². The van der Waals surface area contributed by atoms with E-state index in [4.69, 9.17) is 4.98 Å². The molecular formula is C29H22F4N8OS. The van der Waals surface area contributed by atoms with E-state index in [1.165, 1.54) is 40.4 Å². The van der Waals surface area contributed by atoms with Gasteiger partial charge in [0.25, 0.3) is 5.91 Å².